The minimum absolute atomic E-state index is 0.0952. The molecule has 0 bridgehead atoms. The van der Waals surface area contributed by atoms with E-state index in [2.05, 4.69) is 55.6 Å². The van der Waals surface area contributed by atoms with E-state index < -0.39 is 12.1 Å². The Morgan fingerprint density at radius 3 is 1.78 bits per heavy atom. The Balaban J connectivity index is 3.77. The smallest absolute Gasteiger partial charge is 0.220 e. The number of rotatable bonds is 25. The van der Waals surface area contributed by atoms with Crippen LogP contribution in [0.25, 0.3) is 0 Å². The Morgan fingerprint density at radius 1 is 0.667 bits per heavy atom. The number of carbonyl (C=O) groups excluding carboxylic acids is 1. The number of hydrogen-bond donors (Lipinski definition) is 3. The maximum Gasteiger partial charge on any atom is 0.220 e. The first-order valence-corrected chi connectivity index (χ1v) is 14.9. The summed E-state index contributed by atoms with van der Waals surface area (Å²) in [5.41, 5.74) is 0. The summed E-state index contributed by atoms with van der Waals surface area (Å²) in [5, 5.41) is 22.6. The Labute approximate surface area is 223 Å². The maximum atomic E-state index is 12.2. The van der Waals surface area contributed by atoms with E-state index in [-0.39, 0.29) is 12.5 Å². The molecule has 0 aromatic rings. The van der Waals surface area contributed by atoms with Gasteiger partial charge in [-0.05, 0) is 64.2 Å². The van der Waals surface area contributed by atoms with E-state index in [0.29, 0.717) is 6.42 Å². The highest BCUT2D eigenvalue weighted by Gasteiger charge is 2.17. The Bertz CT molecular complexity index is 594. The van der Waals surface area contributed by atoms with Gasteiger partial charge in [0.15, 0.2) is 0 Å². The van der Waals surface area contributed by atoms with Gasteiger partial charge in [-0.1, -0.05) is 107 Å². The molecule has 0 rings (SSSR count). The Morgan fingerprint density at radius 2 is 1.17 bits per heavy atom. The zero-order chi connectivity index (χ0) is 26.5. The van der Waals surface area contributed by atoms with Crippen molar-refractivity contribution < 1.29 is 15.0 Å². The van der Waals surface area contributed by atoms with Gasteiger partial charge < -0.3 is 15.5 Å². The van der Waals surface area contributed by atoms with Crippen molar-refractivity contribution in [2.45, 2.75) is 142 Å². The Kier molecular flexibility index (Phi) is 26.6. The van der Waals surface area contributed by atoms with Gasteiger partial charge in [-0.2, -0.15) is 0 Å². The third-order valence-corrected chi connectivity index (χ3v) is 6.28. The monoisotopic (exact) mass is 503 g/mol. The summed E-state index contributed by atoms with van der Waals surface area (Å²) in [6.45, 7) is 4.18. The number of hydrogen-bond acceptors (Lipinski definition) is 3. The largest absolute Gasteiger partial charge is 0.394 e. The highest BCUT2D eigenvalue weighted by Crippen LogP contribution is 2.09. The molecule has 0 saturated carbocycles. The van der Waals surface area contributed by atoms with Crippen LogP contribution in [0, 0.1) is 0 Å². The summed E-state index contributed by atoms with van der Waals surface area (Å²) < 4.78 is 0. The lowest BCUT2D eigenvalue weighted by atomic mass is 10.1. The quantitative estimate of drug-likeness (QED) is 0.0870. The zero-order valence-corrected chi connectivity index (χ0v) is 23.5. The normalized spacial score (nSPS) is 14.0. The summed E-state index contributed by atoms with van der Waals surface area (Å²) in [5.74, 6) is -0.0952. The second-order valence-corrected chi connectivity index (χ2v) is 9.80. The van der Waals surface area contributed by atoms with E-state index in [1.165, 1.54) is 57.8 Å². The van der Waals surface area contributed by atoms with Crippen LogP contribution in [0.5, 0.6) is 0 Å². The van der Waals surface area contributed by atoms with Gasteiger partial charge in [-0.15, -0.1) is 0 Å². The first-order valence-electron chi connectivity index (χ1n) is 14.9. The number of nitrogens with one attached hydrogen (secondary N) is 1. The molecule has 0 aliphatic rings. The van der Waals surface area contributed by atoms with Crippen LogP contribution >= 0.6 is 0 Å². The third kappa shape index (κ3) is 24.1. The van der Waals surface area contributed by atoms with Crippen LogP contribution in [-0.2, 0) is 4.79 Å². The molecule has 0 aromatic carbocycles. The highest BCUT2D eigenvalue weighted by molar-refractivity contribution is 5.76. The molecule has 0 saturated heterocycles. The van der Waals surface area contributed by atoms with E-state index in [9.17, 15) is 15.0 Å². The van der Waals surface area contributed by atoms with Gasteiger partial charge in [-0.25, -0.2) is 0 Å². The van der Waals surface area contributed by atoms with E-state index in [1.807, 2.05) is 6.08 Å². The minimum atomic E-state index is -0.864. The molecule has 0 unspecified atom stereocenters. The molecule has 208 valence electrons. The number of amides is 1. The van der Waals surface area contributed by atoms with E-state index >= 15 is 0 Å². The summed E-state index contributed by atoms with van der Waals surface area (Å²) >= 11 is 0. The summed E-state index contributed by atoms with van der Waals surface area (Å²) in [7, 11) is 0. The third-order valence-electron chi connectivity index (χ3n) is 6.28. The average Bonchev–Trinajstić information content (AvgIpc) is 2.88. The van der Waals surface area contributed by atoms with E-state index in [1.54, 1.807) is 6.08 Å². The molecule has 36 heavy (non-hydrogen) atoms. The van der Waals surface area contributed by atoms with Crippen molar-refractivity contribution in [2.24, 2.45) is 0 Å². The zero-order valence-electron chi connectivity index (χ0n) is 23.5. The molecule has 0 spiro atoms. The lowest BCUT2D eigenvalue weighted by Gasteiger charge is -2.19. The van der Waals surface area contributed by atoms with Crippen molar-refractivity contribution in [3.63, 3.8) is 0 Å². The first kappa shape index (κ1) is 34.4. The molecular weight excluding hydrogens is 446 g/mol. The van der Waals surface area contributed by atoms with E-state index in [4.69, 9.17) is 0 Å². The van der Waals surface area contributed by atoms with Gasteiger partial charge in [0.25, 0.3) is 0 Å². The highest BCUT2D eigenvalue weighted by atomic mass is 16.3. The van der Waals surface area contributed by atoms with Crippen molar-refractivity contribution in [1.82, 2.24) is 5.32 Å². The molecule has 4 nitrogen and oxygen atoms in total. The van der Waals surface area contributed by atoms with Gasteiger partial charge in [0, 0.05) is 6.42 Å². The Hall–Kier alpha value is -1.65. The molecular formula is C32H57NO3. The lowest BCUT2D eigenvalue weighted by Crippen LogP contribution is -2.45. The minimum Gasteiger partial charge on any atom is -0.394 e. The summed E-state index contributed by atoms with van der Waals surface area (Å²) in [6.07, 6.45) is 36.1. The number of allylic oxidation sites excluding steroid dienone is 7. The fourth-order valence-electron chi connectivity index (χ4n) is 3.93. The molecule has 0 aromatic heterocycles. The molecule has 0 aliphatic carbocycles. The average molecular weight is 504 g/mol. The van der Waals surface area contributed by atoms with E-state index in [0.717, 1.165) is 51.4 Å². The second-order valence-electron chi connectivity index (χ2n) is 9.80. The van der Waals surface area contributed by atoms with Gasteiger partial charge in [0.1, 0.15) is 0 Å². The fourth-order valence-corrected chi connectivity index (χ4v) is 3.93. The molecule has 0 aliphatic heterocycles. The van der Waals surface area contributed by atoms with Crippen molar-refractivity contribution in [2.75, 3.05) is 6.61 Å². The molecule has 4 heteroatoms. The molecule has 3 N–H and O–H groups in total. The molecule has 0 heterocycles. The van der Waals surface area contributed by atoms with Gasteiger partial charge in [0.05, 0.1) is 18.8 Å². The van der Waals surface area contributed by atoms with Gasteiger partial charge in [-0.3, -0.25) is 4.79 Å². The maximum absolute atomic E-state index is 12.2. The van der Waals surface area contributed by atoms with Crippen molar-refractivity contribution in [3.8, 4) is 0 Å². The van der Waals surface area contributed by atoms with Crippen LogP contribution in [0.2, 0.25) is 0 Å². The standard InChI is InChI=1S/C32H57NO3/c1-3-5-7-9-11-13-14-15-16-17-18-20-22-24-26-28-32(36)33-30(29-34)31(35)27-25-23-21-19-12-10-8-6-4-2/h11-13,15-16,19,25,27,30-31,34-35H,3-10,14,17-18,20-24,26,28-29H2,1-2H3,(H,33,36)/b13-11+,16-15+,19-12+,27-25+/t30-,31+/m0/s1. The predicted octanol–water partition coefficient (Wildman–Crippen LogP) is 8.11. The van der Waals surface area contributed by atoms with Crippen LogP contribution in [-0.4, -0.2) is 34.9 Å². The number of aliphatic hydroxyl groups excluding tert-OH is 2. The van der Waals surface area contributed by atoms with Crippen molar-refractivity contribution in [1.29, 1.82) is 0 Å². The molecule has 0 radical (unpaired) electrons. The van der Waals surface area contributed by atoms with Crippen LogP contribution < -0.4 is 5.32 Å². The predicted molar refractivity (Wildman–Crippen MR) is 156 cm³/mol. The van der Waals surface area contributed by atoms with Crippen LogP contribution in [0.1, 0.15) is 129 Å². The molecule has 1 amide bonds. The second kappa shape index (κ2) is 27.9. The van der Waals surface area contributed by atoms with Crippen molar-refractivity contribution in [3.05, 3.63) is 48.6 Å². The number of carbonyl (C=O) groups is 1. The summed E-state index contributed by atoms with van der Waals surface area (Å²) in [6, 6.07) is -0.642. The van der Waals surface area contributed by atoms with Crippen LogP contribution in [0.3, 0.4) is 0 Å². The van der Waals surface area contributed by atoms with Gasteiger partial charge >= 0.3 is 0 Å². The topological polar surface area (TPSA) is 69.6 Å². The fraction of sp³-hybridized carbons (Fsp3) is 0.719. The molecule has 0 fully saturated rings. The van der Waals surface area contributed by atoms with Crippen LogP contribution in [0.15, 0.2) is 48.6 Å². The molecule has 2 atom stereocenters. The van der Waals surface area contributed by atoms with Gasteiger partial charge in [0.2, 0.25) is 5.91 Å². The first-order chi connectivity index (χ1) is 17.7. The number of aliphatic hydroxyl groups is 2. The van der Waals surface area contributed by atoms with Crippen molar-refractivity contribution >= 4 is 5.91 Å². The lowest BCUT2D eigenvalue weighted by molar-refractivity contribution is -0.123. The SMILES string of the molecule is CCCCC/C=C/C/C=C/CCCCCCCC(=O)N[C@@H](CO)[C@H](O)/C=C/CC/C=C/CCCCC. The summed E-state index contributed by atoms with van der Waals surface area (Å²) in [4.78, 5) is 12.2. The number of unbranched alkanes of at least 4 members (excludes halogenated alkanes) is 12. The van der Waals surface area contributed by atoms with Crippen LogP contribution in [0.4, 0.5) is 0 Å².